The van der Waals surface area contributed by atoms with Crippen LogP contribution in [0, 0.1) is 0 Å². The number of nitrogens with zero attached hydrogens (tertiary/aromatic N) is 2. The van der Waals surface area contributed by atoms with E-state index >= 15 is 0 Å². The van der Waals surface area contributed by atoms with Crippen molar-refractivity contribution < 1.29 is 0 Å². The van der Waals surface area contributed by atoms with Crippen LogP contribution < -0.4 is 5.32 Å². The van der Waals surface area contributed by atoms with E-state index in [0.29, 0.717) is 6.04 Å². The van der Waals surface area contributed by atoms with Gasteiger partial charge in [-0.1, -0.05) is 13.8 Å². The molecule has 0 heterocycles. The standard InChI is InChI=1S/C10H23N3/c1-6-13(7-2)8-9(3)12-10(4)11-5/h9H,6-8H2,1-5H3,(H,11,12). The molecular formula is C10H23N3. The SMILES string of the molecule is CCN(CC)CC(C)NC(C)=NC. The fourth-order valence-corrected chi connectivity index (χ4v) is 1.34. The lowest BCUT2D eigenvalue weighted by Gasteiger charge is -2.23. The predicted molar refractivity (Wildman–Crippen MR) is 59.4 cm³/mol. The van der Waals surface area contributed by atoms with Gasteiger partial charge in [-0.15, -0.1) is 0 Å². The van der Waals surface area contributed by atoms with Crippen molar-refractivity contribution in [1.82, 2.24) is 10.2 Å². The average Bonchev–Trinajstić information content (AvgIpc) is 2.13. The van der Waals surface area contributed by atoms with E-state index in [1.54, 1.807) is 0 Å². The number of amidine groups is 1. The van der Waals surface area contributed by atoms with E-state index in [-0.39, 0.29) is 0 Å². The fraction of sp³-hybridized carbons (Fsp3) is 0.900. The van der Waals surface area contributed by atoms with Crippen LogP contribution in [-0.4, -0.2) is 43.5 Å². The molecule has 3 heteroatoms. The highest BCUT2D eigenvalue weighted by Crippen LogP contribution is 1.91. The Bertz CT molecular complexity index is 150. The van der Waals surface area contributed by atoms with Gasteiger partial charge in [-0.3, -0.25) is 4.99 Å². The highest BCUT2D eigenvalue weighted by atomic mass is 15.1. The van der Waals surface area contributed by atoms with E-state index in [1.807, 2.05) is 14.0 Å². The summed E-state index contributed by atoms with van der Waals surface area (Å²) in [7, 11) is 1.81. The number of rotatable bonds is 5. The number of hydrogen-bond donors (Lipinski definition) is 1. The summed E-state index contributed by atoms with van der Waals surface area (Å²) in [5.74, 6) is 1.01. The van der Waals surface area contributed by atoms with Gasteiger partial charge >= 0.3 is 0 Å². The van der Waals surface area contributed by atoms with Crippen molar-refractivity contribution in [3.05, 3.63) is 0 Å². The molecule has 1 atom stereocenters. The number of hydrogen-bond acceptors (Lipinski definition) is 2. The molecule has 0 aromatic carbocycles. The largest absolute Gasteiger partial charge is 0.370 e. The van der Waals surface area contributed by atoms with Gasteiger partial charge in [0.05, 0.1) is 5.84 Å². The molecule has 0 aliphatic rings. The molecule has 0 aliphatic carbocycles. The third kappa shape index (κ3) is 5.64. The summed E-state index contributed by atoms with van der Waals surface area (Å²) in [5, 5.41) is 3.34. The molecule has 0 saturated carbocycles. The minimum absolute atomic E-state index is 0.476. The molecule has 78 valence electrons. The molecule has 0 aromatic rings. The minimum atomic E-state index is 0.476. The average molecular weight is 185 g/mol. The van der Waals surface area contributed by atoms with Crippen LogP contribution in [0.1, 0.15) is 27.7 Å². The van der Waals surface area contributed by atoms with Gasteiger partial charge in [0.2, 0.25) is 0 Å². The molecule has 0 aromatic heterocycles. The fourth-order valence-electron chi connectivity index (χ4n) is 1.34. The summed E-state index contributed by atoms with van der Waals surface area (Å²) in [6.45, 7) is 11.9. The first kappa shape index (κ1) is 12.4. The topological polar surface area (TPSA) is 27.6 Å². The number of likely N-dealkylation sites (N-methyl/N-ethyl adjacent to an activating group) is 1. The second-order valence-corrected chi connectivity index (χ2v) is 3.34. The van der Waals surface area contributed by atoms with E-state index in [9.17, 15) is 0 Å². The lowest BCUT2D eigenvalue weighted by Crippen LogP contribution is -2.41. The van der Waals surface area contributed by atoms with E-state index in [0.717, 1.165) is 25.5 Å². The zero-order valence-electron chi connectivity index (χ0n) is 9.59. The maximum Gasteiger partial charge on any atom is 0.0930 e. The Balaban J connectivity index is 3.78. The van der Waals surface area contributed by atoms with Gasteiger partial charge < -0.3 is 10.2 Å². The van der Waals surface area contributed by atoms with E-state index in [4.69, 9.17) is 0 Å². The van der Waals surface area contributed by atoms with Crippen molar-refractivity contribution in [2.75, 3.05) is 26.7 Å². The van der Waals surface area contributed by atoms with Crippen LogP contribution in [0.4, 0.5) is 0 Å². The van der Waals surface area contributed by atoms with Crippen LogP contribution in [-0.2, 0) is 0 Å². The highest BCUT2D eigenvalue weighted by molar-refractivity contribution is 5.79. The molecule has 1 unspecified atom stereocenters. The summed E-state index contributed by atoms with van der Waals surface area (Å²) in [4.78, 5) is 6.48. The monoisotopic (exact) mass is 185 g/mol. The Morgan fingerprint density at radius 3 is 2.31 bits per heavy atom. The number of aliphatic imine (C=N–C) groups is 1. The van der Waals surface area contributed by atoms with Crippen LogP contribution in [0.5, 0.6) is 0 Å². The second-order valence-electron chi connectivity index (χ2n) is 3.34. The van der Waals surface area contributed by atoms with E-state index in [2.05, 4.69) is 36.0 Å². The van der Waals surface area contributed by atoms with Crippen molar-refractivity contribution in [3.8, 4) is 0 Å². The molecule has 3 nitrogen and oxygen atoms in total. The summed E-state index contributed by atoms with van der Waals surface area (Å²) in [5.41, 5.74) is 0. The highest BCUT2D eigenvalue weighted by Gasteiger charge is 2.06. The molecule has 0 saturated heterocycles. The molecule has 13 heavy (non-hydrogen) atoms. The van der Waals surface area contributed by atoms with Crippen molar-refractivity contribution in [3.63, 3.8) is 0 Å². The first-order valence-electron chi connectivity index (χ1n) is 5.06. The Morgan fingerprint density at radius 1 is 1.38 bits per heavy atom. The van der Waals surface area contributed by atoms with Gasteiger partial charge in [-0.25, -0.2) is 0 Å². The van der Waals surface area contributed by atoms with Crippen LogP contribution in [0.15, 0.2) is 4.99 Å². The summed E-state index contributed by atoms with van der Waals surface area (Å²) in [6.07, 6.45) is 0. The normalized spacial score (nSPS) is 14.8. The van der Waals surface area contributed by atoms with Crippen molar-refractivity contribution >= 4 is 5.84 Å². The number of nitrogens with one attached hydrogen (secondary N) is 1. The van der Waals surface area contributed by atoms with Crippen LogP contribution in [0.3, 0.4) is 0 Å². The zero-order valence-corrected chi connectivity index (χ0v) is 9.59. The van der Waals surface area contributed by atoms with Crippen molar-refractivity contribution in [2.45, 2.75) is 33.7 Å². The Morgan fingerprint density at radius 2 is 1.92 bits per heavy atom. The third-order valence-electron chi connectivity index (χ3n) is 2.22. The summed E-state index contributed by atoms with van der Waals surface area (Å²) >= 11 is 0. The van der Waals surface area contributed by atoms with Crippen molar-refractivity contribution in [2.24, 2.45) is 4.99 Å². The Kier molecular flexibility index (Phi) is 6.59. The minimum Gasteiger partial charge on any atom is -0.370 e. The molecule has 0 aliphatic heterocycles. The van der Waals surface area contributed by atoms with Gasteiger partial charge in [0.25, 0.3) is 0 Å². The lowest BCUT2D eigenvalue weighted by molar-refractivity contribution is 0.281. The van der Waals surface area contributed by atoms with E-state index < -0.39 is 0 Å². The second kappa shape index (κ2) is 6.89. The van der Waals surface area contributed by atoms with Gasteiger partial charge in [0, 0.05) is 19.6 Å². The molecule has 0 amide bonds. The van der Waals surface area contributed by atoms with Gasteiger partial charge in [-0.2, -0.15) is 0 Å². The smallest absolute Gasteiger partial charge is 0.0930 e. The van der Waals surface area contributed by atoms with Crippen LogP contribution in [0.25, 0.3) is 0 Å². The molecule has 0 fully saturated rings. The molecule has 0 spiro atoms. The quantitative estimate of drug-likeness (QED) is 0.517. The first-order valence-corrected chi connectivity index (χ1v) is 5.06. The summed E-state index contributed by atoms with van der Waals surface area (Å²) < 4.78 is 0. The molecule has 0 rings (SSSR count). The maximum absolute atomic E-state index is 4.07. The van der Waals surface area contributed by atoms with Crippen LogP contribution >= 0.6 is 0 Å². The van der Waals surface area contributed by atoms with Crippen molar-refractivity contribution in [1.29, 1.82) is 0 Å². The molecular weight excluding hydrogens is 162 g/mol. The maximum atomic E-state index is 4.07. The van der Waals surface area contributed by atoms with Crippen LogP contribution in [0.2, 0.25) is 0 Å². The third-order valence-corrected chi connectivity index (χ3v) is 2.22. The first-order chi connectivity index (χ1) is 6.13. The predicted octanol–water partition coefficient (Wildman–Crippen LogP) is 1.35. The Hall–Kier alpha value is -0.570. The Labute approximate surface area is 82.2 Å². The summed E-state index contributed by atoms with van der Waals surface area (Å²) in [6, 6.07) is 0.476. The molecule has 0 bridgehead atoms. The molecule has 1 N–H and O–H groups in total. The van der Waals surface area contributed by atoms with Gasteiger partial charge in [-0.05, 0) is 26.9 Å². The zero-order chi connectivity index (χ0) is 10.3. The lowest BCUT2D eigenvalue weighted by atomic mass is 10.3. The van der Waals surface area contributed by atoms with Gasteiger partial charge in [0.1, 0.15) is 0 Å². The van der Waals surface area contributed by atoms with E-state index in [1.165, 1.54) is 0 Å². The molecule has 0 radical (unpaired) electrons. The van der Waals surface area contributed by atoms with Gasteiger partial charge in [0.15, 0.2) is 0 Å².